The second-order valence-corrected chi connectivity index (χ2v) is 10.4. The van der Waals surface area contributed by atoms with E-state index in [9.17, 15) is 10.0 Å². The summed E-state index contributed by atoms with van der Waals surface area (Å²) in [7, 11) is 0. The smallest absolute Gasteiger partial charge is 0.335 e. The molecule has 2 aromatic carbocycles. The Labute approximate surface area is 211 Å². The molecule has 1 radical (unpaired) electrons. The molecule has 0 unspecified atom stereocenters. The van der Waals surface area contributed by atoms with Crippen LogP contribution in [0, 0.1) is 0 Å². The van der Waals surface area contributed by atoms with Gasteiger partial charge in [-0.05, 0) is 68.5 Å². The quantitative estimate of drug-likeness (QED) is 0.279. The number of hydroxylamine groups is 2. The van der Waals surface area contributed by atoms with Gasteiger partial charge in [-0.25, -0.2) is 4.79 Å². The molecular weight excluding hydrogens is 438 g/mol. The van der Waals surface area contributed by atoms with E-state index in [1.54, 1.807) is 24.3 Å². The van der Waals surface area contributed by atoms with Gasteiger partial charge in [-0.15, -0.1) is 10.3 Å². The van der Waals surface area contributed by atoms with E-state index in [0.29, 0.717) is 6.42 Å². The summed E-state index contributed by atoms with van der Waals surface area (Å²) in [6, 6.07) is 14.6. The Morgan fingerprint density at radius 3 is 1.74 bits per heavy atom. The Bertz CT molecular complexity index is 926. The Morgan fingerprint density at radius 1 is 0.800 bits per heavy atom. The highest BCUT2D eigenvalue weighted by molar-refractivity contribution is 5.87. The van der Waals surface area contributed by atoms with Crippen molar-refractivity contribution in [3.63, 3.8) is 0 Å². The van der Waals surface area contributed by atoms with Gasteiger partial charge in [0.2, 0.25) is 0 Å². The molecule has 0 spiro atoms. The molecule has 1 heterocycles. The largest absolute Gasteiger partial charge is 0.494 e. The third kappa shape index (κ3) is 6.65. The van der Waals surface area contributed by atoms with Crippen LogP contribution in [0.2, 0.25) is 0 Å². The molecular formula is C30H42NO4. The number of carboxylic acid groups (broad SMARTS) is 1. The maximum Gasteiger partial charge on any atom is 0.335 e. The van der Waals surface area contributed by atoms with Gasteiger partial charge in [0, 0.05) is 0 Å². The minimum absolute atomic E-state index is 0.230. The first-order chi connectivity index (χ1) is 16.8. The maximum atomic E-state index is 13.6. The molecule has 0 aromatic heterocycles. The molecule has 1 N–H and O–H groups in total. The minimum Gasteiger partial charge on any atom is -0.494 e. The number of ether oxygens (including phenoxy) is 1. The van der Waals surface area contributed by atoms with Crippen LogP contribution >= 0.6 is 0 Å². The van der Waals surface area contributed by atoms with Gasteiger partial charge >= 0.3 is 5.97 Å². The van der Waals surface area contributed by atoms with Crippen LogP contribution < -0.4 is 4.74 Å². The zero-order valence-corrected chi connectivity index (χ0v) is 21.7. The van der Waals surface area contributed by atoms with Gasteiger partial charge in [0.05, 0.1) is 23.2 Å². The van der Waals surface area contributed by atoms with Gasteiger partial charge in [0.1, 0.15) is 5.75 Å². The average molecular weight is 481 g/mol. The van der Waals surface area contributed by atoms with Crippen molar-refractivity contribution < 1.29 is 19.8 Å². The van der Waals surface area contributed by atoms with Crippen molar-refractivity contribution in [3.05, 3.63) is 65.2 Å². The number of hydrogen-bond acceptors (Lipinski definition) is 3. The molecule has 5 nitrogen and oxygen atoms in total. The zero-order chi connectivity index (χ0) is 25.3. The number of benzene rings is 2. The summed E-state index contributed by atoms with van der Waals surface area (Å²) >= 11 is 0. The van der Waals surface area contributed by atoms with E-state index in [1.807, 2.05) is 38.1 Å². The highest BCUT2D eigenvalue weighted by atomic mass is 16.5. The van der Waals surface area contributed by atoms with Gasteiger partial charge in [-0.2, -0.15) is 0 Å². The number of hydrogen-bond donors (Lipinski definition) is 1. The van der Waals surface area contributed by atoms with E-state index >= 15 is 0 Å². The predicted molar refractivity (Wildman–Crippen MR) is 139 cm³/mol. The molecule has 2 aromatic rings. The summed E-state index contributed by atoms with van der Waals surface area (Å²) in [5, 5.41) is 24.0. The number of nitrogens with zero attached hydrogens (tertiary/aromatic N) is 1. The molecule has 2 atom stereocenters. The number of rotatable bonds is 14. The fourth-order valence-electron chi connectivity index (χ4n) is 5.24. The van der Waals surface area contributed by atoms with Gasteiger partial charge in [0.15, 0.2) is 0 Å². The maximum absolute atomic E-state index is 13.6. The summed E-state index contributed by atoms with van der Waals surface area (Å²) < 4.78 is 5.94. The highest BCUT2D eigenvalue weighted by Gasteiger charge is 2.52. The van der Waals surface area contributed by atoms with Crippen molar-refractivity contribution in [2.24, 2.45) is 0 Å². The lowest BCUT2D eigenvalue weighted by atomic mass is 9.89. The van der Waals surface area contributed by atoms with Crippen molar-refractivity contribution in [2.75, 3.05) is 6.61 Å². The summed E-state index contributed by atoms with van der Waals surface area (Å²) in [5.74, 6) is -0.114. The lowest BCUT2D eigenvalue weighted by molar-refractivity contribution is -0.260. The van der Waals surface area contributed by atoms with Gasteiger partial charge in [-0.1, -0.05) is 82.6 Å². The summed E-state index contributed by atoms with van der Waals surface area (Å²) in [6.07, 6.45) is 13.1. The summed E-state index contributed by atoms with van der Waals surface area (Å²) in [5.41, 5.74) is 0.719. The molecule has 191 valence electrons. The molecule has 0 saturated carbocycles. The van der Waals surface area contributed by atoms with Crippen LogP contribution in [0.15, 0.2) is 48.5 Å². The van der Waals surface area contributed by atoms with Gasteiger partial charge in [0.25, 0.3) is 0 Å². The van der Waals surface area contributed by atoms with Crippen molar-refractivity contribution in [1.29, 1.82) is 0 Å². The van der Waals surface area contributed by atoms with E-state index in [-0.39, 0.29) is 5.56 Å². The average Bonchev–Trinajstić information content (AvgIpc) is 3.11. The normalized spacial score (nSPS) is 22.4. The monoisotopic (exact) mass is 480 g/mol. The molecule has 3 rings (SSSR count). The van der Waals surface area contributed by atoms with E-state index in [1.165, 1.54) is 56.4 Å². The lowest BCUT2D eigenvalue weighted by Gasteiger charge is -2.37. The minimum atomic E-state index is -0.961. The van der Waals surface area contributed by atoms with Crippen molar-refractivity contribution in [1.82, 2.24) is 5.06 Å². The first-order valence-corrected chi connectivity index (χ1v) is 13.4. The molecule has 0 amide bonds. The van der Waals surface area contributed by atoms with Crippen molar-refractivity contribution in [3.8, 4) is 5.75 Å². The molecule has 0 aliphatic carbocycles. The van der Waals surface area contributed by atoms with E-state index < -0.39 is 17.0 Å². The number of unbranched alkanes of at least 4 members (excludes halogenated alkanes) is 8. The molecule has 1 aliphatic rings. The van der Waals surface area contributed by atoms with E-state index in [0.717, 1.165) is 36.3 Å². The third-order valence-electron chi connectivity index (χ3n) is 7.74. The predicted octanol–water partition coefficient (Wildman–Crippen LogP) is 7.87. The standard InChI is InChI=1S/C30H42NO4/c1-4-5-6-7-8-9-10-11-12-23-35-27-19-17-26(18-20-27)30(3)22-21-29(2,31(30)34)25-15-13-24(14-16-25)28(32)33/h13-20H,4-12,21-23H2,1-3H3,(H,32,33)/t29-,30-/m0/s1. The van der Waals surface area contributed by atoms with Crippen molar-refractivity contribution in [2.45, 2.75) is 102 Å². The Kier molecular flexibility index (Phi) is 9.76. The van der Waals surface area contributed by atoms with Crippen LogP contribution in [0.4, 0.5) is 0 Å². The number of carbonyl (C=O) groups is 1. The summed E-state index contributed by atoms with van der Waals surface area (Å²) in [6.45, 7) is 6.92. The second-order valence-electron chi connectivity index (χ2n) is 10.4. The number of aromatic carboxylic acids is 1. The van der Waals surface area contributed by atoms with Crippen LogP contribution in [0.3, 0.4) is 0 Å². The molecule has 1 aliphatic heterocycles. The fraction of sp³-hybridized carbons (Fsp3) is 0.567. The SMILES string of the molecule is CCCCCCCCCCCOc1ccc([C@]2(C)CC[C@@](C)(c3ccc(C(=O)O)cc3)N2[O])cc1. The molecule has 1 saturated heterocycles. The fourth-order valence-corrected chi connectivity index (χ4v) is 5.24. The van der Waals surface area contributed by atoms with Gasteiger partial charge in [-0.3, -0.25) is 0 Å². The van der Waals surface area contributed by atoms with E-state index in [4.69, 9.17) is 9.84 Å². The second kappa shape index (κ2) is 12.5. The first kappa shape index (κ1) is 27.2. The Hall–Kier alpha value is -2.37. The molecule has 0 bridgehead atoms. The molecule has 1 fully saturated rings. The van der Waals surface area contributed by atoms with Gasteiger partial charge < -0.3 is 9.84 Å². The van der Waals surface area contributed by atoms with E-state index in [2.05, 4.69) is 6.92 Å². The highest BCUT2D eigenvalue weighted by Crippen LogP contribution is 2.51. The van der Waals surface area contributed by atoms with Crippen LogP contribution in [0.5, 0.6) is 5.75 Å². The molecule has 35 heavy (non-hydrogen) atoms. The first-order valence-electron chi connectivity index (χ1n) is 13.4. The Morgan fingerprint density at radius 2 is 1.26 bits per heavy atom. The molecule has 5 heteroatoms. The zero-order valence-electron chi connectivity index (χ0n) is 21.7. The van der Waals surface area contributed by atoms with Crippen LogP contribution in [-0.4, -0.2) is 22.7 Å². The van der Waals surface area contributed by atoms with Crippen LogP contribution in [-0.2, 0) is 16.3 Å². The topological polar surface area (TPSA) is 69.7 Å². The number of carboxylic acids is 1. The van der Waals surface area contributed by atoms with Crippen molar-refractivity contribution >= 4 is 5.97 Å². The van der Waals surface area contributed by atoms with Crippen LogP contribution in [0.1, 0.15) is 113 Å². The van der Waals surface area contributed by atoms with Crippen LogP contribution in [0.25, 0.3) is 0 Å². The lowest BCUT2D eigenvalue weighted by Crippen LogP contribution is -2.44. The summed E-state index contributed by atoms with van der Waals surface area (Å²) in [4.78, 5) is 11.2. The Balaban J connectivity index is 1.49. The third-order valence-corrected chi connectivity index (χ3v) is 7.74.